The van der Waals surface area contributed by atoms with Crippen molar-refractivity contribution in [2.75, 3.05) is 13.1 Å². The normalized spacial score (nSPS) is 28.7. The summed E-state index contributed by atoms with van der Waals surface area (Å²) in [5, 5.41) is 20.2. The van der Waals surface area contributed by atoms with E-state index < -0.39 is 11.9 Å². The molecule has 7 nitrogen and oxygen atoms in total. The molecule has 0 aromatic carbocycles. The van der Waals surface area contributed by atoms with Gasteiger partial charge in [-0.05, 0) is 12.5 Å². The van der Waals surface area contributed by atoms with Gasteiger partial charge in [0.15, 0.2) is 5.49 Å². The summed E-state index contributed by atoms with van der Waals surface area (Å²) in [5.74, 6) is -2.00. The van der Waals surface area contributed by atoms with Crippen molar-refractivity contribution in [2.45, 2.75) is 12.3 Å². The number of rotatable bonds is 1. The Bertz CT molecular complexity index is 664. The van der Waals surface area contributed by atoms with Gasteiger partial charge in [-0.25, -0.2) is 19.8 Å². The number of amides is 1. The average molecular weight is 283 g/mol. The van der Waals surface area contributed by atoms with Crippen LogP contribution in [0.25, 0.3) is 0 Å². The minimum absolute atomic E-state index is 0.209. The minimum Gasteiger partial charge on any atom is -0.465 e. The van der Waals surface area contributed by atoms with Gasteiger partial charge in [0.1, 0.15) is 5.36 Å². The lowest BCUT2D eigenvalue weighted by molar-refractivity contribution is 0.000658. The molecule has 19 heavy (non-hydrogen) atoms. The smallest absolute Gasteiger partial charge is 0.407 e. The first-order chi connectivity index (χ1) is 8.98. The summed E-state index contributed by atoms with van der Waals surface area (Å²) in [7, 11) is 0. The predicted octanol–water partition coefficient (Wildman–Crippen LogP) is -0.366. The molecule has 0 aliphatic carbocycles. The van der Waals surface area contributed by atoms with Crippen molar-refractivity contribution in [3.8, 4) is 0 Å². The number of fused-ring (bicyclic) bond motifs is 1. The highest BCUT2D eigenvalue weighted by Gasteiger charge is 2.43. The maximum Gasteiger partial charge on any atom is 0.407 e. The number of carbonyl (C=O) groups is 1. The van der Waals surface area contributed by atoms with Gasteiger partial charge in [-0.1, -0.05) is 11.6 Å². The van der Waals surface area contributed by atoms with Gasteiger partial charge in [-0.3, -0.25) is 0 Å². The molecule has 2 aliphatic heterocycles. The summed E-state index contributed by atoms with van der Waals surface area (Å²) in [6.07, 6.45) is 0.948. The molecule has 1 amide bonds. The van der Waals surface area contributed by atoms with Crippen LogP contribution in [0.15, 0.2) is 22.2 Å². The van der Waals surface area contributed by atoms with E-state index in [-0.39, 0.29) is 12.5 Å². The van der Waals surface area contributed by atoms with Gasteiger partial charge in [-0.2, -0.15) is 0 Å². The maximum atomic E-state index is 10.9. The molecule has 2 atom stereocenters. The third-order valence-electron chi connectivity index (χ3n) is 3.38. The molecule has 1 aromatic heterocycles. The molecule has 1 unspecified atom stereocenters. The summed E-state index contributed by atoms with van der Waals surface area (Å²) in [6.45, 7) is 0.582. The van der Waals surface area contributed by atoms with Crippen LogP contribution in [0.5, 0.6) is 0 Å². The van der Waals surface area contributed by atoms with Crippen molar-refractivity contribution in [3.05, 3.63) is 28.1 Å². The highest BCUT2D eigenvalue weighted by molar-refractivity contribution is 6.30. The zero-order valence-electron chi connectivity index (χ0n) is 9.82. The molecular weight excluding hydrogens is 272 g/mol. The first-order valence-corrected chi connectivity index (χ1v) is 6.17. The molecule has 0 spiro atoms. The van der Waals surface area contributed by atoms with E-state index in [2.05, 4.69) is 15.0 Å². The number of nitrogens with zero attached hydrogens (tertiary/aromatic N) is 4. The lowest BCUT2D eigenvalue weighted by atomic mass is 10.0. The summed E-state index contributed by atoms with van der Waals surface area (Å²) < 4.78 is 0. The molecule has 1 fully saturated rings. The van der Waals surface area contributed by atoms with Crippen LogP contribution in [0.2, 0.25) is 5.02 Å². The van der Waals surface area contributed by atoms with E-state index in [9.17, 15) is 9.90 Å². The van der Waals surface area contributed by atoms with E-state index in [1.54, 1.807) is 6.07 Å². The first kappa shape index (κ1) is 12.3. The van der Waals surface area contributed by atoms with Gasteiger partial charge in [-0.15, -0.1) is 0 Å². The van der Waals surface area contributed by atoms with Crippen molar-refractivity contribution in [1.82, 2.24) is 9.88 Å². The zero-order chi connectivity index (χ0) is 13.6. The lowest BCUT2D eigenvalue weighted by Gasteiger charge is -2.22. The van der Waals surface area contributed by atoms with Crippen LogP contribution in [0, 0.1) is 5.92 Å². The van der Waals surface area contributed by atoms with Crippen molar-refractivity contribution >= 4 is 17.7 Å². The van der Waals surface area contributed by atoms with E-state index in [4.69, 9.17) is 16.7 Å². The minimum atomic E-state index is -1.63. The van der Waals surface area contributed by atoms with Crippen LogP contribution < -0.4 is 10.8 Å². The van der Waals surface area contributed by atoms with Gasteiger partial charge in [0.2, 0.25) is 0 Å². The van der Waals surface area contributed by atoms with E-state index in [0.29, 0.717) is 28.8 Å². The van der Waals surface area contributed by atoms with Crippen LogP contribution in [0.4, 0.5) is 4.79 Å². The SMILES string of the molecule is O=C(O)N1CC[C@H](C2(O)N=c3cc(Cl)cnc3=N2)C1. The fraction of sp³-hybridized carbons (Fsp3) is 0.455. The van der Waals surface area contributed by atoms with E-state index in [1.807, 2.05) is 0 Å². The van der Waals surface area contributed by atoms with E-state index in [0.717, 1.165) is 0 Å². The first-order valence-electron chi connectivity index (χ1n) is 5.79. The molecule has 2 N–H and O–H groups in total. The molecule has 8 heteroatoms. The van der Waals surface area contributed by atoms with E-state index >= 15 is 0 Å². The Morgan fingerprint density at radius 3 is 3.00 bits per heavy atom. The van der Waals surface area contributed by atoms with Crippen LogP contribution in [0.3, 0.4) is 0 Å². The number of halogens is 1. The number of aliphatic hydroxyl groups is 1. The van der Waals surface area contributed by atoms with Gasteiger partial charge in [0.25, 0.3) is 5.85 Å². The Balaban J connectivity index is 1.93. The summed E-state index contributed by atoms with van der Waals surface area (Å²) >= 11 is 5.81. The van der Waals surface area contributed by atoms with E-state index in [1.165, 1.54) is 11.1 Å². The number of likely N-dealkylation sites (tertiary alicyclic amines) is 1. The average Bonchev–Trinajstić information content (AvgIpc) is 2.92. The van der Waals surface area contributed by atoms with Gasteiger partial charge in [0, 0.05) is 19.3 Å². The molecule has 0 bridgehead atoms. The Hall–Kier alpha value is -1.73. The van der Waals surface area contributed by atoms with Crippen LogP contribution >= 0.6 is 11.6 Å². The molecular formula is C11H11ClN4O3. The second-order valence-electron chi connectivity index (χ2n) is 4.62. The number of aromatic nitrogens is 1. The topological polar surface area (TPSA) is 98.4 Å². The van der Waals surface area contributed by atoms with Crippen LogP contribution in [0.1, 0.15) is 6.42 Å². The molecule has 1 saturated heterocycles. The predicted molar refractivity (Wildman–Crippen MR) is 64.2 cm³/mol. The van der Waals surface area contributed by atoms with Crippen LogP contribution in [-0.4, -0.2) is 45.1 Å². The van der Waals surface area contributed by atoms with Crippen LogP contribution in [-0.2, 0) is 0 Å². The number of pyridine rings is 1. The lowest BCUT2D eigenvalue weighted by Crippen LogP contribution is -2.36. The monoisotopic (exact) mass is 282 g/mol. The highest BCUT2D eigenvalue weighted by atomic mass is 35.5. The molecule has 2 aliphatic rings. The second kappa shape index (κ2) is 4.14. The quantitative estimate of drug-likeness (QED) is 0.734. The molecule has 3 rings (SSSR count). The largest absolute Gasteiger partial charge is 0.465 e. The highest BCUT2D eigenvalue weighted by Crippen LogP contribution is 2.30. The summed E-state index contributed by atoms with van der Waals surface area (Å²) in [6, 6.07) is 1.58. The standard InChI is InChI=1S/C11H11ClN4O3/c12-7-3-8-9(13-4-7)15-11(19,14-8)6-1-2-16(5-6)10(17)18/h3-4,6,19H,1-2,5H2,(H,17,18)/t6-,11?/m0/s1. The maximum absolute atomic E-state index is 10.9. The Morgan fingerprint density at radius 1 is 1.53 bits per heavy atom. The molecule has 100 valence electrons. The molecule has 1 aromatic rings. The van der Waals surface area contributed by atoms with Crippen molar-refractivity contribution < 1.29 is 15.0 Å². The molecule has 0 saturated carbocycles. The van der Waals surface area contributed by atoms with Crippen molar-refractivity contribution in [1.29, 1.82) is 0 Å². The Morgan fingerprint density at radius 2 is 2.32 bits per heavy atom. The number of hydrogen-bond acceptors (Lipinski definition) is 5. The fourth-order valence-corrected chi connectivity index (χ4v) is 2.53. The second-order valence-corrected chi connectivity index (χ2v) is 5.06. The number of hydrogen-bond donors (Lipinski definition) is 2. The molecule has 3 heterocycles. The third kappa shape index (κ3) is 2.04. The fourth-order valence-electron chi connectivity index (χ4n) is 2.38. The number of carboxylic acid groups (broad SMARTS) is 1. The summed E-state index contributed by atoms with van der Waals surface area (Å²) in [4.78, 5) is 24.4. The Labute approximate surface area is 112 Å². The van der Waals surface area contributed by atoms with Crippen molar-refractivity contribution in [3.63, 3.8) is 0 Å². The summed E-state index contributed by atoms with van der Waals surface area (Å²) in [5.41, 5.74) is 0.334. The molecule has 0 radical (unpaired) electrons. The Kier molecular flexibility index (Phi) is 2.68. The van der Waals surface area contributed by atoms with Gasteiger partial charge in [0.05, 0.1) is 10.9 Å². The van der Waals surface area contributed by atoms with Gasteiger partial charge < -0.3 is 15.1 Å². The van der Waals surface area contributed by atoms with Crippen molar-refractivity contribution in [2.24, 2.45) is 15.9 Å². The zero-order valence-corrected chi connectivity index (χ0v) is 10.6. The van der Waals surface area contributed by atoms with Gasteiger partial charge >= 0.3 is 6.09 Å². The third-order valence-corrected chi connectivity index (χ3v) is 3.58.